The van der Waals surface area contributed by atoms with Gasteiger partial charge in [0.05, 0.1) is 0 Å². The lowest BCUT2D eigenvalue weighted by Crippen LogP contribution is -2.49. The lowest BCUT2D eigenvalue weighted by atomic mass is 9.90. The van der Waals surface area contributed by atoms with Crippen molar-refractivity contribution in [3.63, 3.8) is 0 Å². The van der Waals surface area contributed by atoms with Gasteiger partial charge in [0.2, 0.25) is 0 Å². The lowest BCUT2D eigenvalue weighted by Gasteiger charge is -2.38. The molecule has 1 heterocycles. The van der Waals surface area contributed by atoms with Crippen LogP contribution in [0.3, 0.4) is 0 Å². The molecule has 1 N–H and O–H groups in total. The Morgan fingerprint density at radius 1 is 1.16 bits per heavy atom. The van der Waals surface area contributed by atoms with Crippen LogP contribution in [0.4, 0.5) is 0 Å². The summed E-state index contributed by atoms with van der Waals surface area (Å²) in [7, 11) is 0. The first kappa shape index (κ1) is 17.0. The van der Waals surface area contributed by atoms with Crippen molar-refractivity contribution in [1.82, 2.24) is 10.2 Å². The summed E-state index contributed by atoms with van der Waals surface area (Å²) in [5.41, 5.74) is 0. The van der Waals surface area contributed by atoms with Crippen molar-refractivity contribution in [2.24, 2.45) is 11.8 Å². The Kier molecular flexibility index (Phi) is 8.01. The van der Waals surface area contributed by atoms with Crippen molar-refractivity contribution in [2.75, 3.05) is 19.6 Å². The van der Waals surface area contributed by atoms with Crippen LogP contribution in [0.25, 0.3) is 0 Å². The Bertz CT molecular complexity index is 223. The van der Waals surface area contributed by atoms with Crippen molar-refractivity contribution in [3.05, 3.63) is 0 Å². The van der Waals surface area contributed by atoms with Crippen LogP contribution in [-0.4, -0.2) is 36.6 Å². The summed E-state index contributed by atoms with van der Waals surface area (Å²) < 4.78 is 0. The molecule has 0 spiro atoms. The molecule has 2 nitrogen and oxygen atoms in total. The number of rotatable bonds is 8. The molecule has 0 aromatic rings. The topological polar surface area (TPSA) is 15.3 Å². The van der Waals surface area contributed by atoms with E-state index in [2.05, 4.69) is 44.8 Å². The van der Waals surface area contributed by atoms with Gasteiger partial charge in [0.25, 0.3) is 0 Å². The number of nitrogens with one attached hydrogen (secondary N) is 1. The molecule has 1 rings (SSSR count). The van der Waals surface area contributed by atoms with Gasteiger partial charge in [-0.2, -0.15) is 0 Å². The van der Waals surface area contributed by atoms with Crippen molar-refractivity contribution in [3.8, 4) is 0 Å². The summed E-state index contributed by atoms with van der Waals surface area (Å²) >= 11 is 0. The van der Waals surface area contributed by atoms with E-state index >= 15 is 0 Å². The molecule has 0 aromatic heterocycles. The molecule has 0 amide bonds. The third-order valence-corrected chi connectivity index (χ3v) is 4.69. The van der Waals surface area contributed by atoms with Gasteiger partial charge in [-0.15, -0.1) is 0 Å². The fourth-order valence-corrected chi connectivity index (χ4v) is 3.53. The van der Waals surface area contributed by atoms with E-state index in [9.17, 15) is 0 Å². The minimum Gasteiger partial charge on any atom is -0.313 e. The van der Waals surface area contributed by atoms with Gasteiger partial charge < -0.3 is 5.32 Å². The van der Waals surface area contributed by atoms with Gasteiger partial charge in [0.15, 0.2) is 0 Å². The maximum absolute atomic E-state index is 3.75. The number of hydrogen-bond acceptors (Lipinski definition) is 2. The second-order valence-corrected chi connectivity index (χ2v) is 6.77. The van der Waals surface area contributed by atoms with Gasteiger partial charge in [-0.3, -0.25) is 4.90 Å². The fourth-order valence-electron chi connectivity index (χ4n) is 3.53. The van der Waals surface area contributed by atoms with E-state index in [1.54, 1.807) is 0 Å². The molecule has 0 aliphatic carbocycles. The molecular weight excluding hydrogens is 232 g/mol. The van der Waals surface area contributed by atoms with Crippen LogP contribution in [0, 0.1) is 11.8 Å². The molecule has 19 heavy (non-hydrogen) atoms. The summed E-state index contributed by atoms with van der Waals surface area (Å²) in [6.07, 6.45) is 6.68. The molecule has 1 aliphatic rings. The van der Waals surface area contributed by atoms with Gasteiger partial charge in [0, 0.05) is 25.2 Å². The van der Waals surface area contributed by atoms with E-state index in [-0.39, 0.29) is 0 Å². The zero-order valence-electron chi connectivity index (χ0n) is 13.9. The molecule has 0 saturated carbocycles. The summed E-state index contributed by atoms with van der Waals surface area (Å²) in [5, 5.41) is 3.75. The number of hydrogen-bond donors (Lipinski definition) is 1. The van der Waals surface area contributed by atoms with E-state index in [1.165, 1.54) is 51.7 Å². The van der Waals surface area contributed by atoms with Crippen LogP contribution in [-0.2, 0) is 0 Å². The first-order chi connectivity index (χ1) is 9.10. The van der Waals surface area contributed by atoms with Gasteiger partial charge >= 0.3 is 0 Å². The molecule has 114 valence electrons. The summed E-state index contributed by atoms with van der Waals surface area (Å²) in [6.45, 7) is 15.4. The zero-order chi connectivity index (χ0) is 14.3. The SMILES string of the molecule is CCC1CCNC(CN(CC(C)C)C(CC)CC)C1. The van der Waals surface area contributed by atoms with Gasteiger partial charge in [-0.1, -0.05) is 41.0 Å². The first-order valence-electron chi connectivity index (χ1n) is 8.57. The van der Waals surface area contributed by atoms with E-state index in [0.29, 0.717) is 0 Å². The molecule has 1 aliphatic heterocycles. The molecule has 2 atom stereocenters. The number of piperidine rings is 1. The van der Waals surface area contributed by atoms with Gasteiger partial charge in [0.1, 0.15) is 0 Å². The standard InChI is InChI=1S/C17H36N2/c1-6-15-9-10-18-16(11-15)13-19(12-14(4)5)17(7-2)8-3/h14-18H,6-13H2,1-5H3. The van der Waals surface area contributed by atoms with Crippen LogP contribution < -0.4 is 5.32 Å². The molecule has 0 bridgehead atoms. The Morgan fingerprint density at radius 2 is 1.84 bits per heavy atom. The molecule has 1 saturated heterocycles. The summed E-state index contributed by atoms with van der Waals surface area (Å²) in [4.78, 5) is 2.75. The predicted octanol–water partition coefficient (Wildman–Crippen LogP) is 3.91. The highest BCUT2D eigenvalue weighted by atomic mass is 15.2. The van der Waals surface area contributed by atoms with Crippen LogP contribution in [0.1, 0.15) is 66.7 Å². The molecular formula is C17H36N2. The van der Waals surface area contributed by atoms with E-state index in [4.69, 9.17) is 0 Å². The molecule has 0 radical (unpaired) electrons. The maximum atomic E-state index is 3.75. The highest BCUT2D eigenvalue weighted by Crippen LogP contribution is 2.21. The maximum Gasteiger partial charge on any atom is 0.0197 e. The second-order valence-electron chi connectivity index (χ2n) is 6.77. The normalized spacial score (nSPS) is 24.6. The van der Waals surface area contributed by atoms with Crippen LogP contribution in [0.15, 0.2) is 0 Å². The monoisotopic (exact) mass is 268 g/mol. The smallest absolute Gasteiger partial charge is 0.0197 e. The Morgan fingerprint density at radius 3 is 2.37 bits per heavy atom. The third kappa shape index (κ3) is 5.83. The first-order valence-corrected chi connectivity index (χ1v) is 8.57. The lowest BCUT2D eigenvalue weighted by molar-refractivity contribution is 0.131. The van der Waals surface area contributed by atoms with Crippen LogP contribution in [0.2, 0.25) is 0 Å². The van der Waals surface area contributed by atoms with Crippen molar-refractivity contribution < 1.29 is 0 Å². The Hall–Kier alpha value is -0.0800. The van der Waals surface area contributed by atoms with Crippen molar-refractivity contribution in [1.29, 1.82) is 0 Å². The van der Waals surface area contributed by atoms with E-state index < -0.39 is 0 Å². The second kappa shape index (κ2) is 8.97. The van der Waals surface area contributed by atoms with E-state index in [1.807, 2.05) is 0 Å². The predicted molar refractivity (Wildman–Crippen MR) is 85.6 cm³/mol. The van der Waals surface area contributed by atoms with Gasteiger partial charge in [-0.05, 0) is 44.1 Å². The molecule has 2 unspecified atom stereocenters. The average molecular weight is 268 g/mol. The van der Waals surface area contributed by atoms with Crippen LogP contribution in [0.5, 0.6) is 0 Å². The fraction of sp³-hybridized carbons (Fsp3) is 1.00. The molecule has 0 aromatic carbocycles. The minimum absolute atomic E-state index is 0.720. The molecule has 2 heteroatoms. The molecule has 1 fully saturated rings. The third-order valence-electron chi connectivity index (χ3n) is 4.69. The summed E-state index contributed by atoms with van der Waals surface area (Å²) in [5.74, 6) is 1.72. The Balaban J connectivity index is 2.55. The highest BCUT2D eigenvalue weighted by molar-refractivity contribution is 4.83. The van der Waals surface area contributed by atoms with Crippen molar-refractivity contribution in [2.45, 2.75) is 78.8 Å². The van der Waals surface area contributed by atoms with Crippen LogP contribution >= 0.6 is 0 Å². The average Bonchev–Trinajstić information content (AvgIpc) is 2.39. The van der Waals surface area contributed by atoms with Crippen molar-refractivity contribution >= 4 is 0 Å². The Labute approximate surface area is 121 Å². The van der Waals surface area contributed by atoms with E-state index in [0.717, 1.165) is 23.9 Å². The zero-order valence-corrected chi connectivity index (χ0v) is 13.9. The summed E-state index contributed by atoms with van der Waals surface area (Å²) in [6, 6.07) is 1.49. The number of nitrogens with zero attached hydrogens (tertiary/aromatic N) is 1. The highest BCUT2D eigenvalue weighted by Gasteiger charge is 2.25. The van der Waals surface area contributed by atoms with Gasteiger partial charge in [-0.25, -0.2) is 0 Å². The largest absolute Gasteiger partial charge is 0.313 e. The quantitative estimate of drug-likeness (QED) is 0.718. The minimum atomic E-state index is 0.720.